The fraction of sp³-hybridized carbons (Fsp3) is 0.385. The Morgan fingerprint density at radius 1 is 1.29 bits per heavy atom. The van der Waals surface area contributed by atoms with Crippen LogP contribution in [0.25, 0.3) is 0 Å². The Kier molecular flexibility index (Phi) is 7.27. The fourth-order valence-corrected chi connectivity index (χ4v) is 1.61. The molecule has 3 N–H and O–H groups in total. The van der Waals surface area contributed by atoms with Gasteiger partial charge in [0, 0.05) is 19.2 Å². The van der Waals surface area contributed by atoms with Crippen LogP contribution >= 0.6 is 12.2 Å². The SMILES string of the molecule is COCCNC(=S)NN=Cc1cc(OC)c(O)c(OC)c1. The Morgan fingerprint density at radius 3 is 2.43 bits per heavy atom. The summed E-state index contributed by atoms with van der Waals surface area (Å²) >= 11 is 5.02. The smallest absolute Gasteiger partial charge is 0.200 e. The second kappa shape index (κ2) is 8.98. The molecule has 0 atom stereocenters. The number of phenols is 1. The van der Waals surface area contributed by atoms with Crippen LogP contribution in [0.4, 0.5) is 0 Å². The summed E-state index contributed by atoms with van der Waals surface area (Å²) in [7, 11) is 4.53. The average Bonchev–Trinajstić information content (AvgIpc) is 2.48. The van der Waals surface area contributed by atoms with Crippen LogP contribution in [0.1, 0.15) is 5.56 Å². The average molecular weight is 313 g/mol. The molecule has 21 heavy (non-hydrogen) atoms. The monoisotopic (exact) mass is 313 g/mol. The van der Waals surface area contributed by atoms with Crippen LogP contribution in [0, 0.1) is 0 Å². The Bertz CT molecular complexity index is 483. The number of rotatable bonds is 7. The van der Waals surface area contributed by atoms with E-state index in [1.165, 1.54) is 20.4 Å². The quantitative estimate of drug-likeness (QED) is 0.298. The minimum absolute atomic E-state index is 0.0538. The fourth-order valence-electron chi connectivity index (χ4n) is 1.46. The van der Waals surface area contributed by atoms with Gasteiger partial charge in [-0.25, -0.2) is 0 Å². The highest BCUT2D eigenvalue weighted by atomic mass is 32.1. The summed E-state index contributed by atoms with van der Waals surface area (Å²) in [6.07, 6.45) is 1.54. The van der Waals surface area contributed by atoms with Gasteiger partial charge in [-0.05, 0) is 24.4 Å². The number of hydrogen-bond acceptors (Lipinski definition) is 6. The van der Waals surface area contributed by atoms with Gasteiger partial charge in [0.05, 0.1) is 27.0 Å². The maximum absolute atomic E-state index is 9.79. The molecule has 1 aromatic rings. The zero-order valence-electron chi connectivity index (χ0n) is 12.2. The highest BCUT2D eigenvalue weighted by Crippen LogP contribution is 2.36. The molecule has 0 saturated heterocycles. The lowest BCUT2D eigenvalue weighted by Crippen LogP contribution is -2.34. The predicted molar refractivity (Wildman–Crippen MR) is 84.4 cm³/mol. The molecule has 0 unspecified atom stereocenters. The Morgan fingerprint density at radius 2 is 1.90 bits per heavy atom. The summed E-state index contributed by atoms with van der Waals surface area (Å²) in [4.78, 5) is 0. The number of ether oxygens (including phenoxy) is 3. The van der Waals surface area contributed by atoms with Crippen molar-refractivity contribution in [2.24, 2.45) is 5.10 Å². The van der Waals surface area contributed by atoms with E-state index in [1.807, 2.05) is 0 Å². The molecule has 7 nitrogen and oxygen atoms in total. The van der Waals surface area contributed by atoms with Crippen LogP contribution in [-0.2, 0) is 4.74 Å². The van der Waals surface area contributed by atoms with Gasteiger partial charge < -0.3 is 24.6 Å². The van der Waals surface area contributed by atoms with Gasteiger partial charge in [0.25, 0.3) is 0 Å². The molecular formula is C13H19N3O4S. The second-order valence-corrected chi connectivity index (χ2v) is 4.30. The minimum Gasteiger partial charge on any atom is -0.502 e. The van der Waals surface area contributed by atoms with Crippen LogP contribution in [0.2, 0.25) is 0 Å². The summed E-state index contributed by atoms with van der Waals surface area (Å²) in [6.45, 7) is 1.15. The molecular weight excluding hydrogens is 294 g/mol. The van der Waals surface area contributed by atoms with E-state index < -0.39 is 0 Å². The van der Waals surface area contributed by atoms with Crippen molar-refractivity contribution in [3.05, 3.63) is 17.7 Å². The number of phenolic OH excluding ortho intramolecular Hbond substituents is 1. The molecule has 0 aliphatic rings. The number of benzene rings is 1. The molecule has 116 valence electrons. The second-order valence-electron chi connectivity index (χ2n) is 3.89. The minimum atomic E-state index is -0.0538. The maximum Gasteiger partial charge on any atom is 0.200 e. The first-order valence-corrected chi connectivity index (χ1v) is 6.54. The number of thiocarbonyl (C=S) groups is 1. The van der Waals surface area contributed by atoms with Crippen molar-refractivity contribution in [1.29, 1.82) is 0 Å². The van der Waals surface area contributed by atoms with Crippen molar-refractivity contribution in [1.82, 2.24) is 10.7 Å². The highest BCUT2D eigenvalue weighted by Gasteiger charge is 2.10. The number of hydrazone groups is 1. The van der Waals surface area contributed by atoms with Gasteiger partial charge in [0.2, 0.25) is 5.75 Å². The molecule has 0 spiro atoms. The van der Waals surface area contributed by atoms with Gasteiger partial charge >= 0.3 is 0 Å². The molecule has 0 heterocycles. The topological polar surface area (TPSA) is 84.3 Å². The van der Waals surface area contributed by atoms with Crippen molar-refractivity contribution >= 4 is 23.5 Å². The van der Waals surface area contributed by atoms with Crippen LogP contribution in [-0.4, -0.2) is 50.9 Å². The third-order valence-electron chi connectivity index (χ3n) is 2.47. The van der Waals surface area contributed by atoms with Gasteiger partial charge in [-0.15, -0.1) is 0 Å². The molecule has 0 radical (unpaired) electrons. The summed E-state index contributed by atoms with van der Waals surface area (Å²) in [5.41, 5.74) is 3.36. The lowest BCUT2D eigenvalue weighted by atomic mass is 10.2. The van der Waals surface area contributed by atoms with E-state index in [2.05, 4.69) is 15.8 Å². The number of nitrogens with zero attached hydrogens (tertiary/aromatic N) is 1. The Balaban J connectivity index is 2.65. The zero-order chi connectivity index (χ0) is 15.7. The van der Waals surface area contributed by atoms with Gasteiger partial charge in [-0.1, -0.05) is 0 Å². The number of methoxy groups -OCH3 is 3. The normalized spacial score (nSPS) is 10.4. The van der Waals surface area contributed by atoms with Gasteiger partial charge in [-0.2, -0.15) is 5.10 Å². The number of aromatic hydroxyl groups is 1. The maximum atomic E-state index is 9.79. The van der Waals surface area contributed by atoms with Crippen LogP contribution in [0.3, 0.4) is 0 Å². The molecule has 0 bridgehead atoms. The predicted octanol–water partition coefficient (Wildman–Crippen LogP) is 0.854. The molecule has 0 aliphatic heterocycles. The van der Waals surface area contributed by atoms with E-state index in [4.69, 9.17) is 26.4 Å². The van der Waals surface area contributed by atoms with Gasteiger partial charge in [0.1, 0.15) is 0 Å². The highest BCUT2D eigenvalue weighted by molar-refractivity contribution is 7.80. The van der Waals surface area contributed by atoms with E-state index in [0.29, 0.717) is 35.3 Å². The van der Waals surface area contributed by atoms with Crippen molar-refractivity contribution < 1.29 is 19.3 Å². The third-order valence-corrected chi connectivity index (χ3v) is 2.71. The van der Waals surface area contributed by atoms with Crippen LogP contribution < -0.4 is 20.2 Å². The first-order chi connectivity index (χ1) is 10.1. The van der Waals surface area contributed by atoms with Crippen molar-refractivity contribution in [2.75, 3.05) is 34.5 Å². The molecule has 1 aromatic carbocycles. The van der Waals surface area contributed by atoms with Crippen LogP contribution in [0.15, 0.2) is 17.2 Å². The van der Waals surface area contributed by atoms with E-state index in [1.54, 1.807) is 19.2 Å². The summed E-state index contributed by atoms with van der Waals surface area (Å²) < 4.78 is 15.0. The molecule has 1 rings (SSSR count). The summed E-state index contributed by atoms with van der Waals surface area (Å²) in [5, 5.41) is 17.1. The third kappa shape index (κ3) is 5.44. The van der Waals surface area contributed by atoms with Crippen LogP contribution in [0.5, 0.6) is 17.2 Å². The van der Waals surface area contributed by atoms with Crippen molar-refractivity contribution in [3.63, 3.8) is 0 Å². The Labute approximate surface area is 128 Å². The molecule has 0 fully saturated rings. The Hall–Kier alpha value is -2.06. The lowest BCUT2D eigenvalue weighted by molar-refractivity contribution is 0.204. The largest absolute Gasteiger partial charge is 0.502 e. The van der Waals surface area contributed by atoms with E-state index in [0.717, 1.165) is 0 Å². The lowest BCUT2D eigenvalue weighted by Gasteiger charge is -2.09. The number of hydrogen-bond donors (Lipinski definition) is 3. The van der Waals surface area contributed by atoms with Crippen molar-refractivity contribution in [2.45, 2.75) is 0 Å². The van der Waals surface area contributed by atoms with E-state index in [-0.39, 0.29) is 5.75 Å². The van der Waals surface area contributed by atoms with E-state index in [9.17, 15) is 5.11 Å². The van der Waals surface area contributed by atoms with E-state index >= 15 is 0 Å². The summed E-state index contributed by atoms with van der Waals surface area (Å²) in [5.74, 6) is 0.551. The van der Waals surface area contributed by atoms with Crippen molar-refractivity contribution in [3.8, 4) is 17.2 Å². The number of nitrogens with one attached hydrogen (secondary N) is 2. The first-order valence-electron chi connectivity index (χ1n) is 6.13. The first kappa shape index (κ1) is 17.0. The van der Waals surface area contributed by atoms with Gasteiger partial charge in [-0.3, -0.25) is 5.43 Å². The van der Waals surface area contributed by atoms with Gasteiger partial charge in [0.15, 0.2) is 16.6 Å². The molecule has 0 amide bonds. The molecule has 0 aliphatic carbocycles. The molecule has 0 aromatic heterocycles. The molecule has 8 heteroatoms. The zero-order valence-corrected chi connectivity index (χ0v) is 13.0. The standard InChI is InChI=1S/C13H19N3O4S/c1-18-5-4-14-13(21)16-15-8-9-6-10(19-2)12(17)11(7-9)20-3/h6-8,17H,4-5H2,1-3H3,(H2,14,16,21). The summed E-state index contributed by atoms with van der Waals surface area (Å²) in [6, 6.07) is 3.26. The molecule has 0 saturated carbocycles.